The highest BCUT2D eigenvalue weighted by Crippen LogP contribution is 2.28. The van der Waals surface area contributed by atoms with Crippen LogP contribution in [0.3, 0.4) is 0 Å². The summed E-state index contributed by atoms with van der Waals surface area (Å²) in [6.45, 7) is 1.06. The molecule has 1 aromatic carbocycles. The Hall–Kier alpha value is -2.17. The molecule has 0 saturated heterocycles. The summed E-state index contributed by atoms with van der Waals surface area (Å²) in [7, 11) is 0. The predicted octanol–water partition coefficient (Wildman–Crippen LogP) is 5.23. The highest BCUT2D eigenvalue weighted by Gasteiger charge is 2.21. The molecule has 0 bridgehead atoms. The van der Waals surface area contributed by atoms with E-state index in [-0.39, 0.29) is 0 Å². The number of benzene rings is 1. The zero-order chi connectivity index (χ0) is 19.2. The first-order valence-corrected chi connectivity index (χ1v) is 10.6. The predicted molar refractivity (Wildman–Crippen MR) is 117 cm³/mol. The number of aryl methyl sites for hydroxylation is 1. The molecule has 2 aromatic heterocycles. The third-order valence-corrected chi connectivity index (χ3v) is 5.80. The van der Waals surface area contributed by atoms with Crippen LogP contribution in [0.25, 0.3) is 10.9 Å². The molecule has 4 nitrogen and oxygen atoms in total. The lowest BCUT2D eigenvalue weighted by molar-refractivity contribution is 0.353. The van der Waals surface area contributed by atoms with E-state index in [0.29, 0.717) is 12.1 Å². The van der Waals surface area contributed by atoms with Gasteiger partial charge in [-0.15, -0.1) is 0 Å². The second kappa shape index (κ2) is 9.35. The van der Waals surface area contributed by atoms with Crippen molar-refractivity contribution < 1.29 is 0 Å². The summed E-state index contributed by atoms with van der Waals surface area (Å²) in [4.78, 5) is 8.82. The van der Waals surface area contributed by atoms with Gasteiger partial charge in [0, 0.05) is 46.3 Å². The first-order chi connectivity index (χ1) is 13.8. The summed E-state index contributed by atoms with van der Waals surface area (Å²) in [6.07, 6.45) is 10.7. The van der Waals surface area contributed by atoms with Crippen molar-refractivity contribution in [1.29, 1.82) is 0 Å². The second-order valence-corrected chi connectivity index (χ2v) is 8.03. The Kier molecular flexibility index (Phi) is 6.40. The van der Waals surface area contributed by atoms with Crippen LogP contribution in [0.5, 0.6) is 0 Å². The van der Waals surface area contributed by atoms with Crippen molar-refractivity contribution >= 4 is 28.2 Å². The molecule has 1 fully saturated rings. The Bertz CT molecular complexity index is 892. The molecule has 4 rings (SSSR count). The molecule has 5 heteroatoms. The van der Waals surface area contributed by atoms with Gasteiger partial charge in [0.1, 0.15) is 0 Å². The summed E-state index contributed by atoms with van der Waals surface area (Å²) in [5, 5.41) is 9.33. The van der Waals surface area contributed by atoms with Gasteiger partial charge in [-0.25, -0.2) is 0 Å². The number of pyridine rings is 2. The highest BCUT2D eigenvalue weighted by atomic mass is 35.5. The molecule has 28 heavy (non-hydrogen) atoms. The molecule has 1 saturated carbocycles. The van der Waals surface area contributed by atoms with Crippen LogP contribution in [0.1, 0.15) is 37.8 Å². The zero-order valence-corrected chi connectivity index (χ0v) is 16.8. The third kappa shape index (κ3) is 5.00. The number of nitrogens with zero attached hydrogens (tertiary/aromatic N) is 2. The minimum atomic E-state index is 0.521. The van der Waals surface area contributed by atoms with Crippen molar-refractivity contribution in [3.63, 3.8) is 0 Å². The zero-order valence-electron chi connectivity index (χ0n) is 16.1. The number of anilines is 1. The maximum atomic E-state index is 6.10. The van der Waals surface area contributed by atoms with Gasteiger partial charge in [-0.2, -0.15) is 0 Å². The average molecular weight is 395 g/mol. The molecule has 0 aliphatic heterocycles. The van der Waals surface area contributed by atoms with Gasteiger partial charge in [0.15, 0.2) is 0 Å². The van der Waals surface area contributed by atoms with E-state index in [1.54, 1.807) is 0 Å². The van der Waals surface area contributed by atoms with E-state index in [9.17, 15) is 0 Å². The average Bonchev–Trinajstić information content (AvgIpc) is 2.73. The van der Waals surface area contributed by atoms with Gasteiger partial charge in [0.25, 0.3) is 0 Å². The van der Waals surface area contributed by atoms with Crippen LogP contribution >= 0.6 is 11.6 Å². The van der Waals surface area contributed by atoms with Gasteiger partial charge in [-0.05, 0) is 81.5 Å². The molecular formula is C23H27ClN4. The van der Waals surface area contributed by atoms with Crippen molar-refractivity contribution in [2.45, 2.75) is 50.6 Å². The van der Waals surface area contributed by atoms with Crippen LogP contribution in [-0.2, 0) is 6.42 Å². The van der Waals surface area contributed by atoms with Crippen molar-refractivity contribution in [2.75, 3.05) is 11.9 Å². The SMILES string of the molecule is Clc1ccc2c(N[C@H]3CC[C@@H](NCCCc4ccccn4)CC3)ccnc2c1. The quantitative estimate of drug-likeness (QED) is 0.539. The monoisotopic (exact) mass is 394 g/mol. The number of halogens is 1. The van der Waals surface area contributed by atoms with Crippen molar-refractivity contribution in [1.82, 2.24) is 15.3 Å². The number of fused-ring (bicyclic) bond motifs is 1. The molecule has 3 aromatic rings. The number of hydrogen-bond acceptors (Lipinski definition) is 4. The molecule has 0 amide bonds. The third-order valence-electron chi connectivity index (χ3n) is 5.56. The molecule has 1 aliphatic carbocycles. The van der Waals surface area contributed by atoms with Crippen LogP contribution in [-0.4, -0.2) is 28.6 Å². The molecule has 0 spiro atoms. The second-order valence-electron chi connectivity index (χ2n) is 7.59. The van der Waals surface area contributed by atoms with E-state index in [2.05, 4.69) is 44.9 Å². The van der Waals surface area contributed by atoms with Crippen molar-refractivity contribution in [2.24, 2.45) is 0 Å². The van der Waals surface area contributed by atoms with Gasteiger partial charge in [0.2, 0.25) is 0 Å². The molecule has 2 N–H and O–H groups in total. The fraction of sp³-hybridized carbons (Fsp3) is 0.391. The Morgan fingerprint density at radius 1 is 0.929 bits per heavy atom. The lowest BCUT2D eigenvalue weighted by atomic mass is 9.90. The Morgan fingerprint density at radius 3 is 2.61 bits per heavy atom. The normalized spacial score (nSPS) is 19.6. The van der Waals surface area contributed by atoms with E-state index in [4.69, 9.17) is 11.6 Å². The van der Waals surface area contributed by atoms with Crippen LogP contribution < -0.4 is 10.6 Å². The summed E-state index contributed by atoms with van der Waals surface area (Å²) in [5.74, 6) is 0. The lowest BCUT2D eigenvalue weighted by Gasteiger charge is -2.30. The summed E-state index contributed by atoms with van der Waals surface area (Å²) in [6, 6.07) is 15.3. The van der Waals surface area contributed by atoms with Crippen LogP contribution in [0.4, 0.5) is 5.69 Å². The molecule has 146 valence electrons. The van der Waals surface area contributed by atoms with Gasteiger partial charge in [-0.1, -0.05) is 17.7 Å². The Balaban J connectivity index is 1.22. The van der Waals surface area contributed by atoms with E-state index in [1.807, 2.05) is 30.6 Å². The minimum Gasteiger partial charge on any atom is -0.382 e. The topological polar surface area (TPSA) is 49.8 Å². The van der Waals surface area contributed by atoms with Gasteiger partial charge >= 0.3 is 0 Å². The maximum absolute atomic E-state index is 6.10. The number of aromatic nitrogens is 2. The molecule has 0 unspecified atom stereocenters. The Labute approximate surface area is 171 Å². The van der Waals surface area contributed by atoms with Crippen LogP contribution in [0.2, 0.25) is 5.02 Å². The van der Waals surface area contributed by atoms with Crippen LogP contribution in [0.15, 0.2) is 54.9 Å². The van der Waals surface area contributed by atoms with Crippen molar-refractivity contribution in [3.8, 4) is 0 Å². The fourth-order valence-electron chi connectivity index (χ4n) is 4.03. The van der Waals surface area contributed by atoms with Crippen LogP contribution in [0, 0.1) is 0 Å². The fourth-order valence-corrected chi connectivity index (χ4v) is 4.20. The van der Waals surface area contributed by atoms with Gasteiger partial charge in [-0.3, -0.25) is 9.97 Å². The van der Waals surface area contributed by atoms with E-state index < -0.39 is 0 Å². The lowest BCUT2D eigenvalue weighted by Crippen LogP contribution is -2.37. The first kappa shape index (κ1) is 19.2. The van der Waals surface area contributed by atoms with E-state index in [1.165, 1.54) is 31.4 Å². The molecule has 1 aliphatic rings. The summed E-state index contributed by atoms with van der Waals surface area (Å²) < 4.78 is 0. The van der Waals surface area contributed by atoms with E-state index in [0.717, 1.165) is 41.0 Å². The van der Waals surface area contributed by atoms with Gasteiger partial charge in [0.05, 0.1) is 5.52 Å². The smallest absolute Gasteiger partial charge is 0.0737 e. The van der Waals surface area contributed by atoms with E-state index >= 15 is 0 Å². The first-order valence-electron chi connectivity index (χ1n) is 10.2. The maximum Gasteiger partial charge on any atom is 0.0737 e. The van der Waals surface area contributed by atoms with Gasteiger partial charge < -0.3 is 10.6 Å². The molecular weight excluding hydrogens is 368 g/mol. The molecule has 0 radical (unpaired) electrons. The molecule has 0 atom stereocenters. The Morgan fingerprint density at radius 2 is 1.79 bits per heavy atom. The highest BCUT2D eigenvalue weighted by molar-refractivity contribution is 6.31. The molecule has 2 heterocycles. The number of rotatable bonds is 7. The minimum absolute atomic E-state index is 0.521. The number of hydrogen-bond donors (Lipinski definition) is 2. The largest absolute Gasteiger partial charge is 0.382 e. The van der Waals surface area contributed by atoms with Crippen molar-refractivity contribution in [3.05, 3.63) is 65.6 Å². The summed E-state index contributed by atoms with van der Waals surface area (Å²) in [5.41, 5.74) is 3.29. The summed E-state index contributed by atoms with van der Waals surface area (Å²) >= 11 is 6.10. The number of nitrogens with one attached hydrogen (secondary N) is 2. The standard InChI is InChI=1S/C23H27ClN4/c24-17-6-11-21-22(12-15-27-23(21)16-17)28-20-9-7-19(8-10-20)26-14-3-5-18-4-1-2-13-25-18/h1-2,4,6,11-13,15-16,19-20,26H,3,5,7-10,14H2,(H,27,28)/t19-,20+.